The summed E-state index contributed by atoms with van der Waals surface area (Å²) in [6.45, 7) is 2.74. The molecule has 0 spiro atoms. The summed E-state index contributed by atoms with van der Waals surface area (Å²) in [5.41, 5.74) is 1.48. The molecule has 1 aliphatic heterocycles. The number of H-pyrrole nitrogens is 1. The lowest BCUT2D eigenvalue weighted by atomic mass is 9.98. The molecule has 0 saturated carbocycles. The molecule has 6 nitrogen and oxygen atoms in total. The van der Waals surface area contributed by atoms with Gasteiger partial charge in [0.1, 0.15) is 5.52 Å². The van der Waals surface area contributed by atoms with Crippen molar-refractivity contribution in [3.8, 4) is 0 Å². The molecule has 1 N–H and O–H groups in total. The summed E-state index contributed by atoms with van der Waals surface area (Å²) in [6, 6.07) is 0. The molecule has 2 aromatic heterocycles. The summed E-state index contributed by atoms with van der Waals surface area (Å²) in [7, 11) is 1.75. The fourth-order valence-corrected chi connectivity index (χ4v) is 2.73. The van der Waals surface area contributed by atoms with Crippen LogP contribution in [0.5, 0.6) is 0 Å². The van der Waals surface area contributed by atoms with Gasteiger partial charge in [-0.1, -0.05) is 0 Å². The number of nitrogens with one attached hydrogen (secondary N) is 1. The number of aromatic amines is 1. The van der Waals surface area contributed by atoms with Crippen LogP contribution in [0.4, 0.5) is 5.82 Å². The van der Waals surface area contributed by atoms with E-state index >= 15 is 0 Å². The van der Waals surface area contributed by atoms with Crippen molar-refractivity contribution in [2.45, 2.75) is 12.8 Å². The van der Waals surface area contributed by atoms with Gasteiger partial charge < -0.3 is 14.6 Å². The van der Waals surface area contributed by atoms with E-state index in [4.69, 9.17) is 16.3 Å². The molecule has 102 valence electrons. The maximum atomic E-state index is 5.96. The van der Waals surface area contributed by atoms with Crippen molar-refractivity contribution in [2.24, 2.45) is 5.92 Å². The van der Waals surface area contributed by atoms with Crippen molar-refractivity contribution in [1.29, 1.82) is 0 Å². The number of nitrogens with zero attached hydrogens (tertiary/aromatic N) is 4. The average molecular weight is 282 g/mol. The van der Waals surface area contributed by atoms with Crippen LogP contribution in [0.3, 0.4) is 0 Å². The molecule has 0 aromatic carbocycles. The van der Waals surface area contributed by atoms with E-state index in [1.165, 1.54) is 0 Å². The third kappa shape index (κ3) is 2.50. The number of hydrogen-bond acceptors (Lipinski definition) is 5. The number of hydrogen-bond donors (Lipinski definition) is 1. The quantitative estimate of drug-likeness (QED) is 0.870. The number of piperidine rings is 1. The second-order valence-electron chi connectivity index (χ2n) is 4.80. The number of fused-ring (bicyclic) bond motifs is 1. The zero-order valence-corrected chi connectivity index (χ0v) is 11.5. The van der Waals surface area contributed by atoms with Crippen molar-refractivity contribution >= 4 is 28.6 Å². The first-order valence-corrected chi connectivity index (χ1v) is 6.76. The van der Waals surface area contributed by atoms with Gasteiger partial charge in [0.25, 0.3) is 0 Å². The average Bonchev–Trinajstić information content (AvgIpc) is 2.87. The molecule has 0 radical (unpaired) electrons. The van der Waals surface area contributed by atoms with E-state index in [0.717, 1.165) is 43.9 Å². The summed E-state index contributed by atoms with van der Waals surface area (Å²) in [5, 5.41) is 0.244. The van der Waals surface area contributed by atoms with Crippen molar-refractivity contribution in [3.05, 3.63) is 11.6 Å². The predicted octanol–water partition coefficient (Wildman–Crippen LogP) is 1.87. The molecule has 0 bridgehead atoms. The van der Waals surface area contributed by atoms with E-state index in [-0.39, 0.29) is 5.28 Å². The number of ether oxygens (including phenoxy) is 1. The van der Waals surface area contributed by atoms with E-state index in [1.54, 1.807) is 13.4 Å². The second-order valence-corrected chi connectivity index (χ2v) is 5.14. The number of aromatic nitrogens is 4. The largest absolute Gasteiger partial charge is 0.384 e. The van der Waals surface area contributed by atoms with Crippen LogP contribution in [0.2, 0.25) is 5.28 Å². The normalized spacial score (nSPS) is 17.3. The Morgan fingerprint density at radius 1 is 1.42 bits per heavy atom. The van der Waals surface area contributed by atoms with Crippen molar-refractivity contribution in [3.63, 3.8) is 0 Å². The fraction of sp³-hybridized carbons (Fsp3) is 0.583. The topological polar surface area (TPSA) is 66.9 Å². The van der Waals surface area contributed by atoms with Crippen LogP contribution in [0.1, 0.15) is 12.8 Å². The van der Waals surface area contributed by atoms with Crippen LogP contribution in [-0.4, -0.2) is 46.7 Å². The smallest absolute Gasteiger partial charge is 0.226 e. The van der Waals surface area contributed by atoms with Crippen molar-refractivity contribution in [2.75, 3.05) is 31.7 Å². The number of anilines is 1. The molecular weight excluding hydrogens is 266 g/mol. The van der Waals surface area contributed by atoms with Crippen LogP contribution in [0.25, 0.3) is 11.2 Å². The summed E-state index contributed by atoms with van der Waals surface area (Å²) in [5.74, 6) is 1.49. The summed E-state index contributed by atoms with van der Waals surface area (Å²) < 4.78 is 5.22. The maximum Gasteiger partial charge on any atom is 0.226 e. The fourth-order valence-electron chi connectivity index (χ4n) is 2.57. The Hall–Kier alpha value is -1.40. The lowest BCUT2D eigenvalue weighted by Gasteiger charge is -2.32. The van der Waals surface area contributed by atoms with E-state index in [0.29, 0.717) is 11.6 Å². The van der Waals surface area contributed by atoms with Gasteiger partial charge in [-0.15, -0.1) is 0 Å². The molecule has 7 heteroatoms. The van der Waals surface area contributed by atoms with E-state index in [1.807, 2.05) is 0 Å². The van der Waals surface area contributed by atoms with Gasteiger partial charge in [0.05, 0.1) is 6.33 Å². The third-order valence-corrected chi connectivity index (χ3v) is 3.72. The first kappa shape index (κ1) is 12.6. The van der Waals surface area contributed by atoms with Crippen LogP contribution in [-0.2, 0) is 4.74 Å². The highest BCUT2D eigenvalue weighted by Crippen LogP contribution is 2.27. The minimum absolute atomic E-state index is 0.244. The Labute approximate surface area is 116 Å². The van der Waals surface area contributed by atoms with Gasteiger partial charge in [-0.3, -0.25) is 0 Å². The molecule has 0 amide bonds. The highest BCUT2D eigenvalue weighted by Gasteiger charge is 2.22. The lowest BCUT2D eigenvalue weighted by molar-refractivity contribution is 0.139. The van der Waals surface area contributed by atoms with Gasteiger partial charge in [-0.25, -0.2) is 4.98 Å². The zero-order chi connectivity index (χ0) is 13.2. The Morgan fingerprint density at radius 2 is 2.21 bits per heavy atom. The molecule has 0 aliphatic carbocycles. The first-order chi connectivity index (χ1) is 9.28. The Balaban J connectivity index is 1.83. The predicted molar refractivity (Wildman–Crippen MR) is 73.5 cm³/mol. The molecule has 3 heterocycles. The van der Waals surface area contributed by atoms with Gasteiger partial charge in [0, 0.05) is 26.8 Å². The van der Waals surface area contributed by atoms with Crippen LogP contribution < -0.4 is 4.90 Å². The highest BCUT2D eigenvalue weighted by atomic mass is 35.5. The molecular formula is C12H16ClN5O. The molecule has 0 unspecified atom stereocenters. The number of imidazole rings is 1. The van der Waals surface area contributed by atoms with Gasteiger partial charge in [-0.05, 0) is 30.4 Å². The minimum atomic E-state index is 0.244. The third-order valence-electron chi connectivity index (χ3n) is 3.56. The van der Waals surface area contributed by atoms with E-state index in [9.17, 15) is 0 Å². The number of halogens is 1. The maximum absolute atomic E-state index is 5.96. The molecule has 2 aromatic rings. The van der Waals surface area contributed by atoms with Crippen molar-refractivity contribution < 1.29 is 4.74 Å². The zero-order valence-electron chi connectivity index (χ0n) is 10.8. The number of methoxy groups -OCH3 is 1. The molecule has 19 heavy (non-hydrogen) atoms. The van der Waals surface area contributed by atoms with Crippen molar-refractivity contribution in [1.82, 2.24) is 19.9 Å². The summed E-state index contributed by atoms with van der Waals surface area (Å²) >= 11 is 5.96. The lowest BCUT2D eigenvalue weighted by Crippen LogP contribution is -2.35. The van der Waals surface area contributed by atoms with Crippen LogP contribution in [0.15, 0.2) is 6.33 Å². The monoisotopic (exact) mass is 281 g/mol. The molecule has 3 rings (SSSR count). The van der Waals surface area contributed by atoms with Gasteiger partial charge in [-0.2, -0.15) is 9.97 Å². The first-order valence-electron chi connectivity index (χ1n) is 6.38. The van der Waals surface area contributed by atoms with E-state index < -0.39 is 0 Å². The van der Waals surface area contributed by atoms with Crippen LogP contribution >= 0.6 is 11.6 Å². The summed E-state index contributed by atoms with van der Waals surface area (Å²) in [4.78, 5) is 17.9. The number of rotatable bonds is 3. The van der Waals surface area contributed by atoms with Gasteiger partial charge in [0.2, 0.25) is 5.28 Å². The van der Waals surface area contributed by atoms with Gasteiger partial charge >= 0.3 is 0 Å². The minimum Gasteiger partial charge on any atom is -0.384 e. The molecule has 1 saturated heterocycles. The van der Waals surface area contributed by atoms with E-state index in [2.05, 4.69) is 24.8 Å². The molecule has 0 atom stereocenters. The second kappa shape index (κ2) is 5.30. The SMILES string of the molecule is COCC1CCN(c2nc(Cl)nc3nc[nH]c23)CC1. The van der Waals surface area contributed by atoms with Gasteiger partial charge in [0.15, 0.2) is 11.5 Å². The Kier molecular flexibility index (Phi) is 3.52. The standard InChI is InChI=1S/C12H16ClN5O/c1-19-6-8-2-4-18(5-3-8)11-9-10(15-7-14-9)16-12(13)17-11/h7-8H,2-6H2,1H3,(H,14,15,16,17). The molecule has 1 fully saturated rings. The molecule has 1 aliphatic rings. The summed E-state index contributed by atoms with van der Waals surface area (Å²) in [6.07, 6.45) is 3.83. The Bertz CT molecular complexity index is 564. The highest BCUT2D eigenvalue weighted by molar-refractivity contribution is 6.28. The Morgan fingerprint density at radius 3 is 2.95 bits per heavy atom. The van der Waals surface area contributed by atoms with Crippen LogP contribution in [0, 0.1) is 5.92 Å².